The van der Waals surface area contributed by atoms with Crippen LogP contribution in [0.4, 0.5) is 0 Å². The molecule has 0 spiro atoms. The molecule has 0 fully saturated rings. The molecule has 0 bridgehead atoms. The van der Waals surface area contributed by atoms with Gasteiger partial charge in [-0.2, -0.15) is 0 Å². The summed E-state index contributed by atoms with van der Waals surface area (Å²) >= 11 is 5.12. The topological polar surface area (TPSA) is 182 Å². The van der Waals surface area contributed by atoms with Crippen LogP contribution in [0.15, 0.2) is 45.7 Å². The molecule has 3 aromatic rings. The van der Waals surface area contributed by atoms with Gasteiger partial charge in [0.25, 0.3) is 0 Å². The van der Waals surface area contributed by atoms with Gasteiger partial charge in [0.2, 0.25) is 0 Å². The minimum Gasteiger partial charge on any atom is -1.51 e. The summed E-state index contributed by atoms with van der Waals surface area (Å²) in [7, 11) is 0. The smallest absolute Gasteiger partial charge is 0.577 e. The number of nitrogens with zero attached hydrogens (tertiary/aromatic N) is 3. The van der Waals surface area contributed by atoms with Gasteiger partial charge in [0, 0.05) is 38.0 Å². The van der Waals surface area contributed by atoms with Crippen molar-refractivity contribution in [3.63, 3.8) is 0 Å². The summed E-state index contributed by atoms with van der Waals surface area (Å²) in [6.45, 7) is 2.31. The predicted octanol–water partition coefficient (Wildman–Crippen LogP) is 1.66. The van der Waals surface area contributed by atoms with E-state index in [1.165, 1.54) is 11.8 Å². The number of halogens is 2. The third-order valence-corrected chi connectivity index (χ3v) is 5.28. The first-order valence-electron chi connectivity index (χ1n) is 9.61. The second-order valence-corrected chi connectivity index (χ2v) is 8.71. The molecule has 3 aromatic heterocycles. The van der Waals surface area contributed by atoms with E-state index in [1.54, 1.807) is 24.5 Å². The number of pyridine rings is 3. The molecule has 5 rings (SSSR count). The van der Waals surface area contributed by atoms with Crippen LogP contribution in [0.2, 0.25) is 0 Å². The Hall–Kier alpha value is 0.626. The maximum atomic E-state index is 8.98. The monoisotopic (exact) mass is 777 g/mol. The van der Waals surface area contributed by atoms with Crippen LogP contribution in [0.5, 0.6) is 5.75 Å². The molecule has 0 atom stereocenters. The molecule has 17 heteroatoms. The van der Waals surface area contributed by atoms with E-state index in [1.807, 2.05) is 0 Å². The standard InChI is InChI=1S/C7H8BrNO2.C7H6BrNO.C7H7NO2.CH4.K.Mn.H2O.2O.H2P.HP/c8-6-1-5(3-10)7(4-11)9-2-6;8-6-1-5-3-10-4-7(5)9-2-6;9-6-1-5-3-10-4-7(5)8-2-6;;;;;;;;/h1-2,10-11H,3-4H2;1-2H,3-4H2;1-2,9H,3-4H2;1H4;;;1H2;;;1H2;1H/q;;;;+1;;;;;-1;-2/p-1. The Morgan fingerprint density at radius 2 is 1.28 bits per heavy atom. The van der Waals surface area contributed by atoms with E-state index < -0.39 is 14.8 Å². The van der Waals surface area contributed by atoms with Crippen molar-refractivity contribution >= 4 is 51.7 Å². The molecule has 2 aliphatic rings. The molecular formula is C22H29Br2KMnN3O8P2-3. The van der Waals surface area contributed by atoms with E-state index in [4.69, 9.17) is 32.5 Å². The fraction of sp³-hybridized carbons (Fsp3) is 0.318. The molecule has 215 valence electrons. The Bertz CT molecular complexity index is 1100. The van der Waals surface area contributed by atoms with E-state index in [-0.39, 0.29) is 103 Å². The van der Waals surface area contributed by atoms with E-state index in [0.717, 1.165) is 25.9 Å². The maximum Gasteiger partial charge on any atom is -0.577 e. The van der Waals surface area contributed by atoms with Gasteiger partial charge in [-0.25, -0.2) is 0 Å². The summed E-state index contributed by atoms with van der Waals surface area (Å²) < 4.78 is 28.9. The van der Waals surface area contributed by atoms with Crippen molar-refractivity contribution in [2.75, 3.05) is 0 Å². The average molecular weight is 779 g/mol. The van der Waals surface area contributed by atoms with Gasteiger partial charge < -0.3 is 50.1 Å². The Kier molecular flexibility index (Phi) is 31.4. The fourth-order valence-electron chi connectivity index (χ4n) is 2.85. The number of hydrogen-bond acceptors (Lipinski definition) is 11. The molecular weight excluding hydrogens is 750 g/mol. The molecule has 0 unspecified atom stereocenters. The maximum absolute atomic E-state index is 8.98. The van der Waals surface area contributed by atoms with Crippen molar-refractivity contribution < 1.29 is 104 Å². The largest absolute Gasteiger partial charge is 1.51 e. The van der Waals surface area contributed by atoms with Crippen LogP contribution < -0.4 is 51.4 Å². The van der Waals surface area contributed by atoms with Gasteiger partial charge in [0.15, 0.2) is 0 Å². The molecule has 0 saturated heterocycles. The van der Waals surface area contributed by atoms with Gasteiger partial charge in [-0.3, -0.25) is 15.0 Å². The minimum absolute atomic E-state index is 0. The first kappa shape index (κ1) is 46.6. The molecule has 11 nitrogen and oxygen atoms in total. The number of aromatic hydroxyl groups is 1. The molecule has 0 amide bonds. The van der Waals surface area contributed by atoms with Crippen molar-refractivity contribution in [1.29, 1.82) is 0 Å². The average Bonchev–Trinajstić information content (AvgIpc) is 3.49. The summed E-state index contributed by atoms with van der Waals surface area (Å²) in [4.78, 5) is 12.1. The van der Waals surface area contributed by atoms with Crippen molar-refractivity contribution in [3.8, 4) is 5.75 Å². The van der Waals surface area contributed by atoms with Gasteiger partial charge >= 0.3 is 73.9 Å². The van der Waals surface area contributed by atoms with Crippen LogP contribution in [-0.4, -0.2) is 35.7 Å². The quantitative estimate of drug-likeness (QED) is 0.254. The fourth-order valence-corrected chi connectivity index (χ4v) is 3.61. The van der Waals surface area contributed by atoms with Crippen molar-refractivity contribution in [2.24, 2.45) is 0 Å². The summed E-state index contributed by atoms with van der Waals surface area (Å²) in [5.74, 6) is 0.212. The predicted molar refractivity (Wildman–Crippen MR) is 147 cm³/mol. The molecule has 2 aliphatic heterocycles. The van der Waals surface area contributed by atoms with Crippen molar-refractivity contribution in [1.82, 2.24) is 15.0 Å². The third-order valence-electron chi connectivity index (χ3n) is 4.41. The number of fused-ring (bicyclic) bond motifs is 2. The summed E-state index contributed by atoms with van der Waals surface area (Å²) in [6, 6.07) is 5.48. The zero-order valence-electron chi connectivity index (χ0n) is 20.2. The number of ether oxygens (including phenoxy) is 2. The van der Waals surface area contributed by atoms with Crippen LogP contribution >= 0.6 is 51.7 Å². The van der Waals surface area contributed by atoms with Gasteiger partial charge in [-0.1, -0.05) is 7.43 Å². The summed E-state index contributed by atoms with van der Waals surface area (Å²) in [6.07, 6.45) is 4.83. The van der Waals surface area contributed by atoms with Gasteiger partial charge in [-0.05, 0) is 50.1 Å². The SMILES string of the molecule is Brc1cnc2c(c1)COC2.C.OCc1cc(Br)cnc1CO.Oc1cnc2c(c1)COC2.[K+].[OH-].[O]=[Mn]=[O].[PH-2].[PH2-]. The normalized spacial score (nSPS) is 11.0. The van der Waals surface area contributed by atoms with E-state index in [0.29, 0.717) is 37.7 Å². The van der Waals surface area contributed by atoms with Gasteiger partial charge in [-0.15, -0.1) is 0 Å². The number of aliphatic hydroxyl groups is 2. The Morgan fingerprint density at radius 3 is 1.79 bits per heavy atom. The van der Waals surface area contributed by atoms with E-state index in [2.05, 4.69) is 52.9 Å². The first-order valence-corrected chi connectivity index (χ1v) is 12.2. The van der Waals surface area contributed by atoms with Gasteiger partial charge in [0.05, 0.1) is 62.9 Å². The summed E-state index contributed by atoms with van der Waals surface area (Å²) in [5.41, 5.74) is 5.40. The Labute approximate surface area is 299 Å². The van der Waals surface area contributed by atoms with Crippen molar-refractivity contribution in [2.45, 2.75) is 47.1 Å². The zero-order valence-corrected chi connectivity index (χ0v) is 29.8. The Morgan fingerprint density at radius 1 is 0.821 bits per heavy atom. The number of rotatable bonds is 2. The molecule has 39 heavy (non-hydrogen) atoms. The molecule has 0 saturated carbocycles. The third kappa shape index (κ3) is 16.7. The minimum atomic E-state index is -1.44. The van der Waals surface area contributed by atoms with E-state index in [9.17, 15) is 0 Å². The first-order chi connectivity index (χ1) is 16.4. The van der Waals surface area contributed by atoms with Crippen LogP contribution in [0.25, 0.3) is 0 Å². The zero-order chi connectivity index (χ0) is 24.9. The Balaban J connectivity index is -0.000000211. The number of aliphatic hydroxyl groups excluding tert-OH is 2. The second-order valence-electron chi connectivity index (χ2n) is 6.68. The second kappa shape index (κ2) is 26.3. The number of hydrogen-bond donors (Lipinski definition) is 3. The summed E-state index contributed by atoms with van der Waals surface area (Å²) in [5, 5.41) is 26.5. The van der Waals surface area contributed by atoms with Crippen LogP contribution in [0, 0.1) is 0 Å². The van der Waals surface area contributed by atoms with Crippen LogP contribution in [0.3, 0.4) is 0 Å². The molecule has 0 aliphatic carbocycles. The van der Waals surface area contributed by atoms with E-state index >= 15 is 0 Å². The van der Waals surface area contributed by atoms with Crippen molar-refractivity contribution in [3.05, 3.63) is 79.5 Å². The molecule has 0 aromatic carbocycles. The van der Waals surface area contributed by atoms with Crippen LogP contribution in [0.1, 0.15) is 41.2 Å². The van der Waals surface area contributed by atoms with Gasteiger partial charge in [0.1, 0.15) is 5.75 Å². The molecule has 4 N–H and O–H groups in total. The molecule has 0 radical (unpaired) electrons. The number of aromatic nitrogens is 3. The van der Waals surface area contributed by atoms with Crippen LogP contribution in [-0.2, 0) is 71.6 Å². The molecule has 5 heterocycles.